The fourth-order valence-electron chi connectivity index (χ4n) is 2.21. The van der Waals surface area contributed by atoms with Gasteiger partial charge in [-0.15, -0.1) is 5.10 Å². The Morgan fingerprint density at radius 3 is 2.80 bits per heavy atom. The molecule has 1 fully saturated rings. The topological polar surface area (TPSA) is 80.9 Å². The molecule has 0 aliphatic heterocycles. The van der Waals surface area contributed by atoms with Crippen LogP contribution in [0.1, 0.15) is 25.7 Å². The summed E-state index contributed by atoms with van der Waals surface area (Å²) in [6.07, 6.45) is 3.59. The van der Waals surface area contributed by atoms with Crippen molar-refractivity contribution >= 4 is 17.5 Å². The summed E-state index contributed by atoms with van der Waals surface area (Å²) in [5, 5.41) is 21.5. The number of ketones is 1. The molecular formula is C13H14N4O2S. The summed E-state index contributed by atoms with van der Waals surface area (Å²) >= 11 is 1.42. The highest BCUT2D eigenvalue weighted by atomic mass is 32.2. The molecule has 1 atom stereocenters. The van der Waals surface area contributed by atoms with E-state index >= 15 is 0 Å². The van der Waals surface area contributed by atoms with Crippen LogP contribution in [0.15, 0.2) is 29.4 Å². The number of hydrogen-bond acceptors (Lipinski definition) is 6. The van der Waals surface area contributed by atoms with Gasteiger partial charge in [0, 0.05) is 6.42 Å². The first-order valence-corrected chi connectivity index (χ1v) is 7.39. The Balaban J connectivity index is 1.83. The second kappa shape index (κ2) is 5.62. The van der Waals surface area contributed by atoms with Crippen molar-refractivity contribution in [1.29, 1.82) is 0 Å². The Morgan fingerprint density at radius 2 is 2.05 bits per heavy atom. The minimum absolute atomic E-state index is 0.0504. The quantitative estimate of drug-likeness (QED) is 0.930. The van der Waals surface area contributed by atoms with Crippen LogP contribution in [-0.4, -0.2) is 36.3 Å². The van der Waals surface area contributed by atoms with Gasteiger partial charge in [0.2, 0.25) is 5.16 Å². The van der Waals surface area contributed by atoms with Crippen molar-refractivity contribution in [2.24, 2.45) is 0 Å². The Kier molecular flexibility index (Phi) is 3.68. The molecule has 1 aliphatic rings. The lowest BCUT2D eigenvalue weighted by Gasteiger charge is -2.18. The van der Waals surface area contributed by atoms with E-state index in [1.807, 2.05) is 0 Å². The van der Waals surface area contributed by atoms with Crippen LogP contribution in [0.4, 0.5) is 0 Å². The van der Waals surface area contributed by atoms with Gasteiger partial charge in [-0.25, -0.2) is 0 Å². The van der Waals surface area contributed by atoms with Crippen molar-refractivity contribution in [3.8, 4) is 11.4 Å². The molecule has 7 heteroatoms. The first kappa shape index (κ1) is 13.1. The van der Waals surface area contributed by atoms with Gasteiger partial charge in [0.25, 0.3) is 0 Å². The van der Waals surface area contributed by atoms with Gasteiger partial charge in [-0.3, -0.25) is 4.79 Å². The summed E-state index contributed by atoms with van der Waals surface area (Å²) in [7, 11) is 0. The Hall–Kier alpha value is -1.89. The summed E-state index contributed by atoms with van der Waals surface area (Å²) < 4.78 is 1.59. The summed E-state index contributed by atoms with van der Waals surface area (Å²) in [6.45, 7) is 0. The first-order chi connectivity index (χ1) is 9.74. The summed E-state index contributed by atoms with van der Waals surface area (Å²) in [5.41, 5.74) is 0.763. The number of carbonyl (C=O) groups excluding carboxylic acids is 1. The van der Waals surface area contributed by atoms with E-state index in [2.05, 4.69) is 15.5 Å². The molecule has 0 saturated heterocycles. The molecule has 104 valence electrons. The third-order valence-corrected chi connectivity index (χ3v) is 4.53. The van der Waals surface area contributed by atoms with E-state index in [-0.39, 0.29) is 16.8 Å². The van der Waals surface area contributed by atoms with Crippen LogP contribution < -0.4 is 0 Å². The maximum atomic E-state index is 11.9. The molecule has 1 aromatic heterocycles. The average molecular weight is 290 g/mol. The van der Waals surface area contributed by atoms with E-state index in [0.29, 0.717) is 11.6 Å². The van der Waals surface area contributed by atoms with Gasteiger partial charge in [0.1, 0.15) is 11.5 Å². The number of aromatic nitrogens is 4. The van der Waals surface area contributed by atoms with Crippen molar-refractivity contribution in [3.05, 3.63) is 24.3 Å². The number of hydrogen-bond donors (Lipinski definition) is 1. The van der Waals surface area contributed by atoms with Crippen molar-refractivity contribution in [3.63, 3.8) is 0 Å². The van der Waals surface area contributed by atoms with Gasteiger partial charge >= 0.3 is 0 Å². The molecule has 1 unspecified atom stereocenters. The molecule has 3 rings (SSSR count). The van der Waals surface area contributed by atoms with Gasteiger partial charge < -0.3 is 5.11 Å². The number of tetrazole rings is 1. The van der Waals surface area contributed by atoms with Crippen molar-refractivity contribution in [1.82, 2.24) is 20.2 Å². The SMILES string of the molecule is O=C1CCCCC1Sc1nnnn1-c1ccc(O)cc1. The minimum atomic E-state index is -0.0504. The van der Waals surface area contributed by atoms with Crippen LogP contribution in [0.2, 0.25) is 0 Å². The molecule has 1 heterocycles. The van der Waals surface area contributed by atoms with Gasteiger partial charge in [0.05, 0.1) is 10.9 Å². The lowest BCUT2D eigenvalue weighted by molar-refractivity contribution is -0.119. The van der Waals surface area contributed by atoms with Crippen molar-refractivity contribution in [2.45, 2.75) is 36.1 Å². The fraction of sp³-hybridized carbons (Fsp3) is 0.385. The first-order valence-electron chi connectivity index (χ1n) is 6.51. The zero-order valence-electron chi connectivity index (χ0n) is 10.8. The third-order valence-electron chi connectivity index (χ3n) is 3.28. The van der Waals surface area contributed by atoms with E-state index in [1.54, 1.807) is 28.9 Å². The number of thioether (sulfide) groups is 1. The number of benzene rings is 1. The monoisotopic (exact) mass is 290 g/mol. The maximum absolute atomic E-state index is 11.9. The van der Waals surface area contributed by atoms with E-state index in [9.17, 15) is 9.90 Å². The lowest BCUT2D eigenvalue weighted by Crippen LogP contribution is -2.21. The van der Waals surface area contributed by atoms with Crippen LogP contribution in [0, 0.1) is 0 Å². The standard InChI is InChI=1S/C13H14N4O2S/c18-10-7-5-9(6-8-10)17-13(14-15-16-17)20-12-4-2-1-3-11(12)19/h5-8,12,18H,1-4H2. The molecule has 1 N–H and O–H groups in total. The minimum Gasteiger partial charge on any atom is -0.508 e. The molecule has 1 saturated carbocycles. The second-order valence-corrected chi connectivity index (χ2v) is 5.88. The van der Waals surface area contributed by atoms with Gasteiger partial charge in [-0.2, -0.15) is 4.68 Å². The summed E-state index contributed by atoms with van der Waals surface area (Å²) in [4.78, 5) is 11.9. The zero-order valence-corrected chi connectivity index (χ0v) is 11.6. The zero-order chi connectivity index (χ0) is 13.9. The number of carbonyl (C=O) groups is 1. The number of Topliss-reactive ketones (excluding diaryl/α,β-unsaturated/α-hetero) is 1. The second-order valence-electron chi connectivity index (χ2n) is 4.71. The summed E-state index contributed by atoms with van der Waals surface area (Å²) in [5.74, 6) is 0.472. The van der Waals surface area contributed by atoms with Crippen molar-refractivity contribution < 1.29 is 9.90 Å². The van der Waals surface area contributed by atoms with E-state index in [4.69, 9.17) is 0 Å². The fourth-order valence-corrected chi connectivity index (χ4v) is 3.32. The number of nitrogens with zero attached hydrogens (tertiary/aromatic N) is 4. The highest BCUT2D eigenvalue weighted by molar-refractivity contribution is 8.00. The van der Waals surface area contributed by atoms with Crippen LogP contribution in [0.3, 0.4) is 0 Å². The molecule has 0 bridgehead atoms. The maximum Gasteiger partial charge on any atom is 0.214 e. The highest BCUT2D eigenvalue weighted by Crippen LogP contribution is 2.31. The van der Waals surface area contributed by atoms with Crippen LogP contribution >= 0.6 is 11.8 Å². The average Bonchev–Trinajstić information content (AvgIpc) is 2.90. The van der Waals surface area contributed by atoms with E-state index in [1.165, 1.54) is 11.8 Å². The van der Waals surface area contributed by atoms with E-state index in [0.717, 1.165) is 24.9 Å². The molecule has 1 aliphatic carbocycles. The lowest BCUT2D eigenvalue weighted by atomic mass is 9.99. The number of phenols is 1. The van der Waals surface area contributed by atoms with Crippen LogP contribution in [0.5, 0.6) is 5.75 Å². The molecule has 0 radical (unpaired) electrons. The molecule has 0 amide bonds. The number of phenolic OH excluding ortho intramolecular Hbond substituents is 1. The smallest absolute Gasteiger partial charge is 0.214 e. The predicted molar refractivity (Wildman–Crippen MR) is 73.9 cm³/mol. The van der Waals surface area contributed by atoms with Crippen LogP contribution in [-0.2, 0) is 4.79 Å². The van der Waals surface area contributed by atoms with E-state index < -0.39 is 0 Å². The molecule has 1 aromatic carbocycles. The van der Waals surface area contributed by atoms with Gasteiger partial charge in [0.15, 0.2) is 0 Å². The number of aromatic hydroxyl groups is 1. The predicted octanol–water partition coefficient (Wildman–Crippen LogP) is 1.97. The molecule has 0 spiro atoms. The molecule has 6 nitrogen and oxygen atoms in total. The molecule has 20 heavy (non-hydrogen) atoms. The van der Waals surface area contributed by atoms with Gasteiger partial charge in [-0.1, -0.05) is 18.2 Å². The largest absolute Gasteiger partial charge is 0.508 e. The normalized spacial score (nSPS) is 19.2. The Bertz CT molecular complexity index is 611. The molecular weight excluding hydrogens is 276 g/mol. The summed E-state index contributed by atoms with van der Waals surface area (Å²) in [6, 6.07) is 6.63. The third kappa shape index (κ3) is 2.67. The van der Waals surface area contributed by atoms with Crippen LogP contribution in [0.25, 0.3) is 5.69 Å². The Labute approximate surface area is 120 Å². The van der Waals surface area contributed by atoms with Gasteiger partial charge in [-0.05, 0) is 47.5 Å². The highest BCUT2D eigenvalue weighted by Gasteiger charge is 2.25. The molecule has 2 aromatic rings. The van der Waals surface area contributed by atoms with Crippen molar-refractivity contribution in [2.75, 3.05) is 0 Å². The number of rotatable bonds is 3. The Morgan fingerprint density at radius 1 is 1.25 bits per heavy atom.